The average molecular weight is 277 g/mol. The maximum absolute atomic E-state index is 5.75. The lowest BCUT2D eigenvalue weighted by atomic mass is 9.86. The van der Waals surface area contributed by atoms with Crippen LogP contribution >= 0.6 is 0 Å². The second-order valence-corrected chi connectivity index (χ2v) is 5.75. The summed E-state index contributed by atoms with van der Waals surface area (Å²) in [5, 5.41) is 3.64. The number of benzene rings is 1. The molecule has 1 fully saturated rings. The van der Waals surface area contributed by atoms with Gasteiger partial charge in [0, 0.05) is 18.6 Å². The van der Waals surface area contributed by atoms with E-state index in [1.165, 1.54) is 16.7 Å². The van der Waals surface area contributed by atoms with E-state index >= 15 is 0 Å². The third-order valence-electron chi connectivity index (χ3n) is 4.33. The Morgan fingerprint density at radius 1 is 1.35 bits per heavy atom. The molecule has 1 aromatic carbocycles. The third kappa shape index (κ3) is 2.99. The number of methoxy groups -OCH3 is 1. The average Bonchev–Trinajstić information content (AvgIpc) is 2.81. The van der Waals surface area contributed by atoms with Crippen molar-refractivity contribution in [1.82, 2.24) is 5.32 Å². The number of aryl methyl sites for hydroxylation is 2. The van der Waals surface area contributed by atoms with Crippen LogP contribution in [0.4, 0.5) is 0 Å². The van der Waals surface area contributed by atoms with Gasteiger partial charge in [0.05, 0.1) is 13.2 Å². The predicted octanol–water partition coefficient (Wildman–Crippen LogP) is 3.39. The summed E-state index contributed by atoms with van der Waals surface area (Å²) >= 11 is 0. The number of nitrogens with one attached hydrogen (secondary N) is 1. The van der Waals surface area contributed by atoms with E-state index in [-0.39, 0.29) is 0 Å². The molecule has 1 heterocycles. The van der Waals surface area contributed by atoms with Gasteiger partial charge in [-0.3, -0.25) is 0 Å². The Balaban J connectivity index is 2.34. The molecule has 1 aliphatic heterocycles. The van der Waals surface area contributed by atoms with Crippen molar-refractivity contribution >= 4 is 0 Å². The summed E-state index contributed by atoms with van der Waals surface area (Å²) in [6.07, 6.45) is 1.45. The number of ether oxygens (including phenoxy) is 2. The van der Waals surface area contributed by atoms with Gasteiger partial charge in [-0.1, -0.05) is 19.1 Å². The second kappa shape index (κ2) is 6.59. The van der Waals surface area contributed by atoms with Crippen molar-refractivity contribution in [3.05, 3.63) is 28.8 Å². The topological polar surface area (TPSA) is 30.5 Å². The Labute approximate surface area is 122 Å². The minimum absolute atomic E-state index is 0.321. The molecular weight excluding hydrogens is 250 g/mol. The van der Waals surface area contributed by atoms with E-state index < -0.39 is 0 Å². The van der Waals surface area contributed by atoms with Crippen LogP contribution < -0.4 is 10.1 Å². The first-order valence-corrected chi connectivity index (χ1v) is 7.58. The summed E-state index contributed by atoms with van der Waals surface area (Å²) in [4.78, 5) is 0. The SMILES string of the molecule is CCNC(c1cc(C)c(OC)c(C)c1)C1CCOC1C. The van der Waals surface area contributed by atoms with E-state index in [2.05, 4.69) is 45.1 Å². The Hall–Kier alpha value is -1.06. The molecule has 2 rings (SSSR count). The smallest absolute Gasteiger partial charge is 0.124 e. The lowest BCUT2D eigenvalue weighted by molar-refractivity contribution is 0.0955. The van der Waals surface area contributed by atoms with Gasteiger partial charge < -0.3 is 14.8 Å². The van der Waals surface area contributed by atoms with E-state index in [1.54, 1.807) is 7.11 Å². The molecule has 3 unspecified atom stereocenters. The molecule has 0 radical (unpaired) electrons. The zero-order chi connectivity index (χ0) is 14.7. The lowest BCUT2D eigenvalue weighted by Gasteiger charge is -2.28. The maximum Gasteiger partial charge on any atom is 0.124 e. The van der Waals surface area contributed by atoms with Crippen molar-refractivity contribution in [3.63, 3.8) is 0 Å². The third-order valence-corrected chi connectivity index (χ3v) is 4.33. The normalized spacial score (nSPS) is 23.9. The highest BCUT2D eigenvalue weighted by atomic mass is 16.5. The van der Waals surface area contributed by atoms with Crippen molar-refractivity contribution in [2.45, 2.75) is 46.3 Å². The fourth-order valence-corrected chi connectivity index (χ4v) is 3.41. The lowest BCUT2D eigenvalue weighted by Crippen LogP contribution is -2.32. The minimum Gasteiger partial charge on any atom is -0.496 e. The highest BCUT2D eigenvalue weighted by Crippen LogP contribution is 2.36. The summed E-state index contributed by atoms with van der Waals surface area (Å²) in [6, 6.07) is 4.87. The van der Waals surface area contributed by atoms with Crippen molar-refractivity contribution in [2.75, 3.05) is 20.3 Å². The van der Waals surface area contributed by atoms with E-state index in [1.807, 2.05) is 0 Å². The van der Waals surface area contributed by atoms with Crippen molar-refractivity contribution in [2.24, 2.45) is 5.92 Å². The zero-order valence-electron chi connectivity index (χ0n) is 13.3. The van der Waals surface area contributed by atoms with Crippen molar-refractivity contribution in [1.29, 1.82) is 0 Å². The first-order chi connectivity index (χ1) is 9.58. The fourth-order valence-electron chi connectivity index (χ4n) is 3.41. The van der Waals surface area contributed by atoms with Gasteiger partial charge in [-0.15, -0.1) is 0 Å². The van der Waals surface area contributed by atoms with E-state index in [9.17, 15) is 0 Å². The zero-order valence-corrected chi connectivity index (χ0v) is 13.3. The largest absolute Gasteiger partial charge is 0.496 e. The quantitative estimate of drug-likeness (QED) is 0.895. The highest BCUT2D eigenvalue weighted by Gasteiger charge is 2.32. The summed E-state index contributed by atoms with van der Waals surface area (Å²) in [6.45, 7) is 10.4. The minimum atomic E-state index is 0.321. The van der Waals surface area contributed by atoms with Crippen LogP contribution in [0.25, 0.3) is 0 Å². The summed E-state index contributed by atoms with van der Waals surface area (Å²) in [7, 11) is 1.74. The van der Waals surface area contributed by atoms with Gasteiger partial charge in [-0.25, -0.2) is 0 Å². The fraction of sp³-hybridized carbons (Fsp3) is 0.647. The molecule has 1 aromatic rings. The summed E-state index contributed by atoms with van der Waals surface area (Å²) in [5.74, 6) is 1.54. The molecule has 3 atom stereocenters. The Morgan fingerprint density at radius 3 is 2.45 bits per heavy atom. The van der Waals surface area contributed by atoms with Crippen LogP contribution in [0.2, 0.25) is 0 Å². The van der Waals surface area contributed by atoms with Crippen LogP contribution in [-0.2, 0) is 4.74 Å². The van der Waals surface area contributed by atoms with Crippen LogP contribution in [0, 0.1) is 19.8 Å². The maximum atomic E-state index is 5.75. The molecule has 0 aliphatic carbocycles. The van der Waals surface area contributed by atoms with Gasteiger partial charge in [-0.2, -0.15) is 0 Å². The Kier molecular flexibility index (Phi) is 5.06. The van der Waals surface area contributed by atoms with Gasteiger partial charge in [0.25, 0.3) is 0 Å². The molecule has 0 spiro atoms. The van der Waals surface area contributed by atoms with Gasteiger partial charge in [0.2, 0.25) is 0 Å². The summed E-state index contributed by atoms with van der Waals surface area (Å²) in [5.41, 5.74) is 3.76. The Bertz CT molecular complexity index is 435. The molecule has 0 bridgehead atoms. The number of hydrogen-bond donors (Lipinski definition) is 1. The molecule has 1 aliphatic rings. The first kappa shape index (κ1) is 15.3. The molecule has 0 saturated carbocycles. The van der Waals surface area contributed by atoms with Crippen LogP contribution in [0.1, 0.15) is 43.0 Å². The second-order valence-electron chi connectivity index (χ2n) is 5.75. The molecule has 0 amide bonds. The standard InChI is InChI=1S/C17H27NO2/c1-6-18-16(15-7-8-20-13(15)4)14-9-11(2)17(19-5)12(3)10-14/h9-10,13,15-16,18H,6-8H2,1-5H3. The van der Waals surface area contributed by atoms with Gasteiger partial charge >= 0.3 is 0 Å². The van der Waals surface area contributed by atoms with Crippen molar-refractivity contribution < 1.29 is 9.47 Å². The van der Waals surface area contributed by atoms with Gasteiger partial charge in [-0.05, 0) is 50.4 Å². The highest BCUT2D eigenvalue weighted by molar-refractivity contribution is 5.44. The van der Waals surface area contributed by atoms with Crippen LogP contribution in [0.15, 0.2) is 12.1 Å². The summed E-state index contributed by atoms with van der Waals surface area (Å²) < 4.78 is 11.2. The molecule has 3 nitrogen and oxygen atoms in total. The first-order valence-electron chi connectivity index (χ1n) is 7.58. The monoisotopic (exact) mass is 277 g/mol. The molecule has 1 saturated heterocycles. The molecule has 0 aromatic heterocycles. The van der Waals surface area contributed by atoms with Crippen LogP contribution in [0.5, 0.6) is 5.75 Å². The van der Waals surface area contributed by atoms with Crippen LogP contribution in [-0.4, -0.2) is 26.4 Å². The van der Waals surface area contributed by atoms with Crippen molar-refractivity contribution in [3.8, 4) is 5.75 Å². The predicted molar refractivity (Wildman–Crippen MR) is 82.4 cm³/mol. The molecular formula is C17H27NO2. The molecule has 20 heavy (non-hydrogen) atoms. The van der Waals surface area contributed by atoms with E-state index in [4.69, 9.17) is 9.47 Å². The van der Waals surface area contributed by atoms with E-state index in [0.717, 1.165) is 25.3 Å². The van der Waals surface area contributed by atoms with Gasteiger partial charge in [0.15, 0.2) is 0 Å². The Morgan fingerprint density at radius 2 is 2.00 bits per heavy atom. The molecule has 112 valence electrons. The number of rotatable bonds is 5. The number of hydrogen-bond acceptors (Lipinski definition) is 3. The molecule has 1 N–H and O–H groups in total. The van der Waals surface area contributed by atoms with Crippen LogP contribution in [0.3, 0.4) is 0 Å². The van der Waals surface area contributed by atoms with E-state index in [0.29, 0.717) is 18.1 Å². The van der Waals surface area contributed by atoms with Gasteiger partial charge in [0.1, 0.15) is 5.75 Å². The molecule has 3 heteroatoms.